The molecule has 1 amide bonds. The Morgan fingerprint density at radius 3 is 1.46 bits per heavy atom. The number of rotatable bonds is 6. The summed E-state index contributed by atoms with van der Waals surface area (Å²) in [5, 5.41) is 12.0. The van der Waals surface area contributed by atoms with Crippen LogP contribution < -0.4 is 11.1 Å². The largest absolute Gasteiger partial charge is 0.480 e. The van der Waals surface area contributed by atoms with Gasteiger partial charge >= 0.3 is 5.97 Å². The molecule has 0 aliphatic carbocycles. The van der Waals surface area contributed by atoms with Crippen molar-refractivity contribution in [3.05, 3.63) is 107 Å². The van der Waals surface area contributed by atoms with Gasteiger partial charge in [0.05, 0.1) is 0 Å². The number of carboxylic acid groups (broad SMARTS) is 1. The molecule has 0 aromatic heterocycles. The van der Waals surface area contributed by atoms with Gasteiger partial charge in [0.1, 0.15) is 6.04 Å². The molecule has 0 unspecified atom stereocenters. The summed E-state index contributed by atoms with van der Waals surface area (Å²) in [6.45, 7) is 13.4. The lowest BCUT2D eigenvalue weighted by molar-refractivity contribution is -0.141. The van der Waals surface area contributed by atoms with Gasteiger partial charge in [0, 0.05) is 18.9 Å². The molecule has 0 fully saturated rings. The topological polar surface area (TPSA) is 92.4 Å². The second-order valence-corrected chi connectivity index (χ2v) is 7.51. The molecule has 0 radical (unpaired) electrons. The molecule has 0 saturated heterocycles. The van der Waals surface area contributed by atoms with Crippen molar-refractivity contribution in [3.8, 4) is 0 Å². The second kappa shape index (κ2) is 18.0. The first-order valence-corrected chi connectivity index (χ1v) is 12.2. The number of nitrogens with one attached hydrogen (secondary N) is 1. The number of aryl methyl sites for hydroxylation is 1. The van der Waals surface area contributed by atoms with Crippen molar-refractivity contribution in [1.82, 2.24) is 5.32 Å². The fraction of sp³-hybridized carbons (Fsp3) is 0.333. The molecule has 0 bridgehead atoms. The lowest BCUT2D eigenvalue weighted by Gasteiger charge is -2.25. The van der Waals surface area contributed by atoms with Crippen molar-refractivity contribution in [1.29, 1.82) is 0 Å². The van der Waals surface area contributed by atoms with E-state index in [1.165, 1.54) is 18.1 Å². The Kier molecular flexibility index (Phi) is 16.2. The Hall–Kier alpha value is -3.44. The highest BCUT2D eigenvalue weighted by molar-refractivity contribution is 5.83. The van der Waals surface area contributed by atoms with Crippen molar-refractivity contribution in [2.45, 2.75) is 66.5 Å². The van der Waals surface area contributed by atoms with Crippen LogP contribution in [0.25, 0.3) is 0 Å². The lowest BCUT2D eigenvalue weighted by Crippen LogP contribution is -2.44. The predicted octanol–water partition coefficient (Wildman–Crippen LogP) is 6.47. The minimum atomic E-state index is -1.05. The van der Waals surface area contributed by atoms with Gasteiger partial charge in [-0.3, -0.25) is 4.79 Å². The molecule has 4 N–H and O–H groups in total. The Labute approximate surface area is 211 Å². The average Bonchev–Trinajstić information content (AvgIpc) is 2.88. The number of carboxylic acids is 1. The van der Waals surface area contributed by atoms with Crippen molar-refractivity contribution in [3.63, 3.8) is 0 Å². The Bertz CT molecular complexity index is 916. The predicted molar refractivity (Wildman–Crippen MR) is 146 cm³/mol. The quantitative estimate of drug-likeness (QED) is 0.378. The first kappa shape index (κ1) is 31.6. The van der Waals surface area contributed by atoms with Crippen LogP contribution in [0, 0.1) is 6.92 Å². The summed E-state index contributed by atoms with van der Waals surface area (Å²) in [5.74, 6) is -1.85. The Morgan fingerprint density at radius 1 is 0.743 bits per heavy atom. The number of carbonyl (C=O) groups is 2. The van der Waals surface area contributed by atoms with Gasteiger partial charge in [-0.25, -0.2) is 4.79 Å². The van der Waals surface area contributed by atoms with Crippen LogP contribution in [0.2, 0.25) is 0 Å². The molecule has 0 aliphatic rings. The molecule has 3 aromatic rings. The van der Waals surface area contributed by atoms with Crippen molar-refractivity contribution in [2.24, 2.45) is 5.73 Å². The molecule has 3 rings (SSSR count). The highest BCUT2D eigenvalue weighted by Gasteiger charge is 2.31. The zero-order valence-electron chi connectivity index (χ0n) is 22.2. The number of benzene rings is 3. The van der Waals surface area contributed by atoms with E-state index >= 15 is 0 Å². The van der Waals surface area contributed by atoms with E-state index < -0.39 is 17.9 Å². The lowest BCUT2D eigenvalue weighted by atomic mass is 9.85. The van der Waals surface area contributed by atoms with Crippen molar-refractivity contribution in [2.75, 3.05) is 0 Å². The summed E-state index contributed by atoms with van der Waals surface area (Å²) in [6, 6.07) is 26.1. The Balaban J connectivity index is 0.000000691. The normalized spacial score (nSPS) is 11.2. The minimum Gasteiger partial charge on any atom is -0.480 e. The van der Waals surface area contributed by atoms with E-state index in [1.54, 1.807) is 0 Å². The van der Waals surface area contributed by atoms with E-state index in [1.807, 2.05) is 95.3 Å². The van der Waals surface area contributed by atoms with Crippen LogP contribution in [-0.4, -0.2) is 23.0 Å². The van der Waals surface area contributed by atoms with Gasteiger partial charge in [0.25, 0.3) is 0 Å². The second-order valence-electron chi connectivity index (χ2n) is 7.51. The standard InChI is InChI=1S/C17H17NO3.C9H13N.2C2H6/c1-12(19)18-16(17(20)21)15(13-8-4-2-5-9-13)14-10-6-3-7-11-14;1-7-3-5-9(6-4-7)8(2)10;2*1-2/h2-11,15-16H,1H3,(H,18,19)(H,20,21);3-6,8H,10H2,1-2H3;2*1-2H3/t16-;8-;;/m01../s1. The maximum absolute atomic E-state index is 11.6. The summed E-state index contributed by atoms with van der Waals surface area (Å²) in [6.07, 6.45) is 0. The molecular weight excluding hydrogens is 436 g/mol. The summed E-state index contributed by atoms with van der Waals surface area (Å²) < 4.78 is 0. The van der Waals surface area contributed by atoms with E-state index in [9.17, 15) is 14.7 Å². The van der Waals surface area contributed by atoms with Gasteiger partial charge in [0.2, 0.25) is 5.91 Å². The van der Waals surface area contributed by atoms with Crippen LogP contribution in [0.4, 0.5) is 0 Å². The third-order valence-electron chi connectivity index (χ3n) is 4.88. The van der Waals surface area contributed by atoms with E-state index in [0.717, 1.165) is 11.1 Å². The summed E-state index contributed by atoms with van der Waals surface area (Å²) in [7, 11) is 0. The van der Waals surface area contributed by atoms with Crippen LogP contribution in [0.1, 0.15) is 75.8 Å². The highest BCUT2D eigenvalue weighted by atomic mass is 16.4. The monoisotopic (exact) mass is 478 g/mol. The number of nitrogens with two attached hydrogens (primary N) is 1. The summed E-state index contributed by atoms with van der Waals surface area (Å²) in [4.78, 5) is 23.0. The van der Waals surface area contributed by atoms with Gasteiger partial charge in [-0.1, -0.05) is 118 Å². The molecule has 0 heterocycles. The van der Waals surface area contributed by atoms with Crippen molar-refractivity contribution >= 4 is 11.9 Å². The third-order valence-corrected chi connectivity index (χ3v) is 4.88. The number of hydrogen-bond acceptors (Lipinski definition) is 3. The van der Waals surface area contributed by atoms with Crippen LogP contribution in [-0.2, 0) is 9.59 Å². The summed E-state index contributed by atoms with van der Waals surface area (Å²) >= 11 is 0. The van der Waals surface area contributed by atoms with E-state index in [-0.39, 0.29) is 11.9 Å². The molecule has 0 spiro atoms. The maximum Gasteiger partial charge on any atom is 0.327 e. The van der Waals surface area contributed by atoms with Gasteiger partial charge in [-0.05, 0) is 30.5 Å². The van der Waals surface area contributed by atoms with Gasteiger partial charge in [-0.15, -0.1) is 0 Å². The molecule has 0 aliphatic heterocycles. The molecule has 3 aromatic carbocycles. The van der Waals surface area contributed by atoms with Gasteiger partial charge < -0.3 is 16.2 Å². The average molecular weight is 479 g/mol. The first-order chi connectivity index (χ1) is 16.8. The smallest absolute Gasteiger partial charge is 0.327 e. The van der Waals surface area contributed by atoms with Crippen LogP contribution in [0.3, 0.4) is 0 Å². The fourth-order valence-corrected chi connectivity index (χ4v) is 3.27. The van der Waals surface area contributed by atoms with E-state index in [4.69, 9.17) is 5.73 Å². The van der Waals surface area contributed by atoms with Crippen molar-refractivity contribution < 1.29 is 14.7 Å². The molecular formula is C30H42N2O3. The summed E-state index contributed by atoms with van der Waals surface area (Å²) in [5.41, 5.74) is 9.85. The fourth-order valence-electron chi connectivity index (χ4n) is 3.27. The SMILES string of the molecule is CC.CC.CC(=O)N[C@H](C(=O)O)C(c1ccccc1)c1ccccc1.Cc1ccc([C@@H](C)N)cc1. The van der Waals surface area contributed by atoms with Gasteiger partial charge in [-0.2, -0.15) is 0 Å². The minimum absolute atomic E-state index is 0.153. The van der Waals surface area contributed by atoms with Crippen LogP contribution in [0.15, 0.2) is 84.9 Å². The highest BCUT2D eigenvalue weighted by Crippen LogP contribution is 2.28. The van der Waals surface area contributed by atoms with E-state index in [2.05, 4.69) is 36.5 Å². The zero-order chi connectivity index (χ0) is 26.8. The third kappa shape index (κ3) is 11.5. The number of carbonyl (C=O) groups excluding carboxylic acids is 1. The zero-order valence-corrected chi connectivity index (χ0v) is 22.2. The molecule has 35 heavy (non-hydrogen) atoms. The molecule has 5 heteroatoms. The maximum atomic E-state index is 11.6. The molecule has 0 saturated carbocycles. The number of aliphatic carboxylic acids is 1. The van der Waals surface area contributed by atoms with Crippen LogP contribution in [0.5, 0.6) is 0 Å². The molecule has 5 nitrogen and oxygen atoms in total. The molecule has 2 atom stereocenters. The Morgan fingerprint density at radius 2 is 1.14 bits per heavy atom. The number of amides is 1. The van der Waals surface area contributed by atoms with E-state index in [0.29, 0.717) is 0 Å². The first-order valence-electron chi connectivity index (χ1n) is 12.2. The van der Waals surface area contributed by atoms with Crippen LogP contribution >= 0.6 is 0 Å². The van der Waals surface area contributed by atoms with Gasteiger partial charge in [0.15, 0.2) is 0 Å². The molecule has 190 valence electrons. The number of hydrogen-bond donors (Lipinski definition) is 3.